The van der Waals surface area contributed by atoms with Crippen molar-refractivity contribution in [2.75, 3.05) is 10.6 Å². The minimum atomic E-state index is -0.545. The molecule has 7 nitrogen and oxygen atoms in total. The lowest BCUT2D eigenvalue weighted by molar-refractivity contribution is -0.384. The topological polar surface area (TPSA) is 101 Å². The van der Waals surface area contributed by atoms with Crippen molar-refractivity contribution in [1.82, 2.24) is 0 Å². The molecule has 2 amide bonds. The van der Waals surface area contributed by atoms with Crippen LogP contribution in [0.15, 0.2) is 82.2 Å². The predicted octanol–water partition coefficient (Wildman–Crippen LogP) is 5.73. The van der Waals surface area contributed by atoms with E-state index in [9.17, 15) is 19.7 Å². The number of hydrogen-bond donors (Lipinski definition) is 2. The summed E-state index contributed by atoms with van der Waals surface area (Å²) in [6.45, 7) is 1.82. The number of nitro benzene ring substituents is 1. The van der Waals surface area contributed by atoms with Crippen molar-refractivity contribution in [3.05, 3.63) is 92.9 Å². The lowest BCUT2D eigenvalue weighted by Gasteiger charge is -2.13. The van der Waals surface area contributed by atoms with Crippen LogP contribution in [0.3, 0.4) is 0 Å². The summed E-state index contributed by atoms with van der Waals surface area (Å²) >= 11 is 4.75. The standard InChI is InChI=1S/C22H18BrN3O4S/c1-14(21(27)24-17-7-5-16(23)6-8-17)31-20-11-9-18(10-12-20)25-22(28)15-3-2-4-19(13-15)26(29)30/h2-14H,1H3,(H,24,27)(H,25,28). The van der Waals surface area contributed by atoms with Gasteiger partial charge in [-0.25, -0.2) is 0 Å². The largest absolute Gasteiger partial charge is 0.325 e. The van der Waals surface area contributed by atoms with Gasteiger partial charge in [0.25, 0.3) is 11.6 Å². The monoisotopic (exact) mass is 499 g/mol. The first-order valence-electron chi connectivity index (χ1n) is 9.21. The van der Waals surface area contributed by atoms with Crippen LogP contribution < -0.4 is 10.6 Å². The van der Waals surface area contributed by atoms with Gasteiger partial charge in [0, 0.05) is 38.4 Å². The fourth-order valence-corrected chi connectivity index (χ4v) is 3.75. The molecule has 158 valence electrons. The zero-order valence-corrected chi connectivity index (χ0v) is 18.8. The van der Waals surface area contributed by atoms with Crippen molar-refractivity contribution in [3.8, 4) is 0 Å². The Morgan fingerprint density at radius 1 is 0.968 bits per heavy atom. The molecule has 0 aromatic heterocycles. The van der Waals surface area contributed by atoms with Gasteiger partial charge in [-0.1, -0.05) is 22.0 Å². The van der Waals surface area contributed by atoms with E-state index in [1.54, 1.807) is 24.3 Å². The number of halogens is 1. The molecule has 0 aliphatic carbocycles. The molecule has 1 unspecified atom stereocenters. The fourth-order valence-electron chi connectivity index (χ4n) is 2.62. The Bertz CT molecular complexity index is 1100. The Kier molecular flexibility index (Phi) is 7.43. The van der Waals surface area contributed by atoms with Crippen molar-refractivity contribution in [2.45, 2.75) is 17.1 Å². The van der Waals surface area contributed by atoms with Crippen LogP contribution in [0.5, 0.6) is 0 Å². The summed E-state index contributed by atoms with van der Waals surface area (Å²) in [7, 11) is 0. The molecule has 0 aliphatic rings. The Morgan fingerprint density at radius 2 is 1.58 bits per heavy atom. The summed E-state index contributed by atoms with van der Waals surface area (Å²) in [5.41, 5.74) is 1.33. The molecule has 3 aromatic carbocycles. The number of carbonyl (C=O) groups excluding carboxylic acids is 2. The van der Waals surface area contributed by atoms with Crippen molar-refractivity contribution >= 4 is 56.6 Å². The minimum absolute atomic E-state index is 0.115. The number of carbonyl (C=O) groups is 2. The molecule has 1 atom stereocenters. The Morgan fingerprint density at radius 3 is 2.23 bits per heavy atom. The highest BCUT2D eigenvalue weighted by atomic mass is 79.9. The third-order valence-electron chi connectivity index (χ3n) is 4.23. The molecular weight excluding hydrogens is 482 g/mol. The summed E-state index contributed by atoms with van der Waals surface area (Å²) in [6, 6.07) is 19.9. The first-order valence-corrected chi connectivity index (χ1v) is 10.9. The van der Waals surface area contributed by atoms with E-state index in [-0.39, 0.29) is 22.4 Å². The Labute approximate surface area is 191 Å². The fraction of sp³-hybridized carbons (Fsp3) is 0.0909. The highest BCUT2D eigenvalue weighted by Crippen LogP contribution is 2.26. The van der Waals surface area contributed by atoms with Crippen molar-refractivity contribution in [2.24, 2.45) is 0 Å². The Balaban J connectivity index is 1.57. The maximum absolute atomic E-state index is 12.4. The zero-order valence-electron chi connectivity index (χ0n) is 16.4. The smallest absolute Gasteiger partial charge is 0.270 e. The van der Waals surface area contributed by atoms with Crippen LogP contribution in [0.1, 0.15) is 17.3 Å². The second kappa shape index (κ2) is 10.2. The molecule has 0 spiro atoms. The lowest BCUT2D eigenvalue weighted by atomic mass is 10.2. The Hall–Kier alpha value is -3.17. The van der Waals surface area contributed by atoms with Crippen LogP contribution in [-0.4, -0.2) is 22.0 Å². The van der Waals surface area contributed by atoms with Crippen LogP contribution in [0.25, 0.3) is 0 Å². The summed E-state index contributed by atoms with van der Waals surface area (Å²) in [6.07, 6.45) is 0. The normalized spacial score (nSPS) is 11.4. The zero-order chi connectivity index (χ0) is 22.4. The predicted molar refractivity (Wildman–Crippen MR) is 126 cm³/mol. The van der Waals surface area contributed by atoms with Gasteiger partial charge in [0.1, 0.15) is 0 Å². The number of non-ortho nitro benzene ring substituents is 1. The van der Waals surface area contributed by atoms with Gasteiger partial charge in [-0.05, 0) is 61.5 Å². The number of nitro groups is 1. The van der Waals surface area contributed by atoms with Gasteiger partial charge in [0.15, 0.2) is 0 Å². The number of anilines is 2. The summed E-state index contributed by atoms with van der Waals surface area (Å²) in [5.74, 6) is -0.554. The van der Waals surface area contributed by atoms with E-state index in [0.717, 1.165) is 15.1 Å². The molecule has 2 N–H and O–H groups in total. The van der Waals surface area contributed by atoms with Gasteiger partial charge >= 0.3 is 0 Å². The number of amides is 2. The highest BCUT2D eigenvalue weighted by Gasteiger charge is 2.15. The van der Waals surface area contributed by atoms with Crippen LogP contribution in [0.2, 0.25) is 0 Å². The molecule has 3 rings (SSSR count). The maximum Gasteiger partial charge on any atom is 0.270 e. The van der Waals surface area contributed by atoms with E-state index >= 15 is 0 Å². The molecule has 0 aliphatic heterocycles. The van der Waals surface area contributed by atoms with E-state index in [2.05, 4.69) is 26.6 Å². The number of hydrogen-bond acceptors (Lipinski definition) is 5. The molecule has 9 heteroatoms. The second-order valence-electron chi connectivity index (χ2n) is 6.54. The highest BCUT2D eigenvalue weighted by molar-refractivity contribution is 9.10. The molecule has 0 radical (unpaired) electrons. The first-order chi connectivity index (χ1) is 14.8. The molecule has 0 fully saturated rings. The maximum atomic E-state index is 12.4. The average molecular weight is 500 g/mol. The molecule has 0 bridgehead atoms. The summed E-state index contributed by atoms with van der Waals surface area (Å²) < 4.78 is 0.936. The van der Waals surface area contributed by atoms with Gasteiger partial charge < -0.3 is 10.6 Å². The quantitative estimate of drug-likeness (QED) is 0.245. The van der Waals surface area contributed by atoms with Gasteiger partial charge in [0.2, 0.25) is 5.91 Å². The van der Waals surface area contributed by atoms with Crippen LogP contribution in [0, 0.1) is 10.1 Å². The van der Waals surface area contributed by atoms with Crippen molar-refractivity contribution < 1.29 is 14.5 Å². The van der Waals surface area contributed by atoms with Gasteiger partial charge in [-0.2, -0.15) is 0 Å². The van der Waals surface area contributed by atoms with Gasteiger partial charge in [-0.15, -0.1) is 11.8 Å². The van der Waals surface area contributed by atoms with E-state index in [4.69, 9.17) is 0 Å². The number of benzene rings is 3. The second-order valence-corrected chi connectivity index (χ2v) is 8.87. The molecule has 0 saturated carbocycles. The number of nitrogens with one attached hydrogen (secondary N) is 2. The van der Waals surface area contributed by atoms with E-state index < -0.39 is 10.8 Å². The van der Waals surface area contributed by atoms with Crippen LogP contribution in [-0.2, 0) is 4.79 Å². The summed E-state index contributed by atoms with van der Waals surface area (Å²) in [4.78, 5) is 35.9. The van der Waals surface area contributed by atoms with Crippen molar-refractivity contribution in [1.29, 1.82) is 0 Å². The molecule has 0 heterocycles. The third kappa shape index (κ3) is 6.40. The van der Waals surface area contributed by atoms with Gasteiger partial charge in [0.05, 0.1) is 10.2 Å². The summed E-state index contributed by atoms with van der Waals surface area (Å²) in [5, 5.41) is 16.1. The lowest BCUT2D eigenvalue weighted by Crippen LogP contribution is -2.22. The average Bonchev–Trinajstić information content (AvgIpc) is 2.76. The van der Waals surface area contributed by atoms with Crippen LogP contribution >= 0.6 is 27.7 Å². The molecule has 0 saturated heterocycles. The van der Waals surface area contributed by atoms with Gasteiger partial charge in [-0.3, -0.25) is 19.7 Å². The van der Waals surface area contributed by atoms with E-state index in [0.29, 0.717) is 5.69 Å². The third-order valence-corrected chi connectivity index (χ3v) is 5.87. The van der Waals surface area contributed by atoms with E-state index in [1.165, 1.54) is 36.0 Å². The number of thioether (sulfide) groups is 1. The van der Waals surface area contributed by atoms with Crippen molar-refractivity contribution in [3.63, 3.8) is 0 Å². The molecule has 31 heavy (non-hydrogen) atoms. The SMILES string of the molecule is CC(Sc1ccc(NC(=O)c2cccc([N+](=O)[O-])c2)cc1)C(=O)Nc1ccc(Br)cc1. The van der Waals surface area contributed by atoms with Crippen LogP contribution in [0.4, 0.5) is 17.1 Å². The number of rotatable bonds is 7. The number of nitrogens with zero attached hydrogens (tertiary/aromatic N) is 1. The molecule has 3 aromatic rings. The molecular formula is C22H18BrN3O4S. The van der Waals surface area contributed by atoms with E-state index in [1.807, 2.05) is 31.2 Å². The minimum Gasteiger partial charge on any atom is -0.325 e. The first kappa shape index (κ1) is 22.5.